The Labute approximate surface area is 161 Å². The number of carbonyl (C=O) groups excluding carboxylic acids is 1. The number of halogens is 1. The van der Waals surface area contributed by atoms with Gasteiger partial charge in [0.15, 0.2) is 0 Å². The summed E-state index contributed by atoms with van der Waals surface area (Å²) in [6.45, 7) is 2.21. The maximum atomic E-state index is 13.5. The SMILES string of the molecule is Cc1ccc(O)c(-c2n[nH]c3c2C(c2ccc(F)cc2)N(CCCO)C3=O)c1. The molecule has 0 saturated heterocycles. The Morgan fingerprint density at radius 2 is 1.96 bits per heavy atom. The van der Waals surface area contributed by atoms with E-state index in [2.05, 4.69) is 10.2 Å². The van der Waals surface area contributed by atoms with E-state index < -0.39 is 6.04 Å². The van der Waals surface area contributed by atoms with Crippen molar-refractivity contribution in [2.75, 3.05) is 13.2 Å². The van der Waals surface area contributed by atoms with Crippen LogP contribution in [0.4, 0.5) is 4.39 Å². The van der Waals surface area contributed by atoms with Gasteiger partial charge in [-0.3, -0.25) is 9.89 Å². The molecule has 0 aliphatic carbocycles. The molecule has 3 aromatic rings. The molecule has 1 aliphatic rings. The van der Waals surface area contributed by atoms with Crippen LogP contribution < -0.4 is 0 Å². The van der Waals surface area contributed by atoms with Crippen molar-refractivity contribution in [1.29, 1.82) is 0 Å². The second-order valence-electron chi connectivity index (χ2n) is 6.91. The van der Waals surface area contributed by atoms with Crippen molar-refractivity contribution in [3.05, 3.63) is 70.7 Å². The van der Waals surface area contributed by atoms with E-state index in [1.807, 2.05) is 13.0 Å². The fourth-order valence-corrected chi connectivity index (χ4v) is 3.70. The first kappa shape index (κ1) is 18.2. The quantitative estimate of drug-likeness (QED) is 0.633. The van der Waals surface area contributed by atoms with Crippen LogP contribution in [0.2, 0.25) is 0 Å². The number of amides is 1. The van der Waals surface area contributed by atoms with E-state index in [9.17, 15) is 19.4 Å². The van der Waals surface area contributed by atoms with Gasteiger partial charge in [0.05, 0.1) is 6.04 Å². The van der Waals surface area contributed by atoms with Gasteiger partial charge in [-0.1, -0.05) is 23.8 Å². The Hall–Kier alpha value is -3.19. The number of nitrogens with one attached hydrogen (secondary N) is 1. The van der Waals surface area contributed by atoms with Crippen LogP contribution in [0.25, 0.3) is 11.3 Å². The molecule has 1 aromatic heterocycles. The van der Waals surface area contributed by atoms with Gasteiger partial charge in [0.25, 0.3) is 5.91 Å². The average molecular weight is 381 g/mol. The number of aromatic amines is 1. The van der Waals surface area contributed by atoms with E-state index in [0.29, 0.717) is 35.5 Å². The zero-order valence-corrected chi connectivity index (χ0v) is 15.3. The summed E-state index contributed by atoms with van der Waals surface area (Å²) in [6.07, 6.45) is 0.423. The van der Waals surface area contributed by atoms with Crippen molar-refractivity contribution in [2.24, 2.45) is 0 Å². The molecule has 0 spiro atoms. The highest BCUT2D eigenvalue weighted by molar-refractivity contribution is 6.00. The molecular weight excluding hydrogens is 361 g/mol. The maximum absolute atomic E-state index is 13.5. The number of aryl methyl sites for hydroxylation is 1. The first-order valence-electron chi connectivity index (χ1n) is 9.06. The fraction of sp³-hybridized carbons (Fsp3) is 0.238. The van der Waals surface area contributed by atoms with Crippen molar-refractivity contribution >= 4 is 5.91 Å². The summed E-state index contributed by atoms with van der Waals surface area (Å²) in [5.74, 6) is -0.526. The van der Waals surface area contributed by atoms with Crippen LogP contribution in [-0.4, -0.2) is 44.4 Å². The second kappa shape index (κ2) is 7.09. The molecule has 1 aliphatic heterocycles. The summed E-state index contributed by atoms with van der Waals surface area (Å²) in [5.41, 5.74) is 3.70. The normalized spacial score (nSPS) is 15.9. The molecule has 1 unspecified atom stereocenters. The van der Waals surface area contributed by atoms with E-state index >= 15 is 0 Å². The topological polar surface area (TPSA) is 89.5 Å². The van der Waals surface area contributed by atoms with Gasteiger partial charge in [-0.25, -0.2) is 4.39 Å². The van der Waals surface area contributed by atoms with Crippen LogP contribution in [0.5, 0.6) is 5.75 Å². The number of rotatable bonds is 5. The van der Waals surface area contributed by atoms with Gasteiger partial charge in [0.1, 0.15) is 23.0 Å². The van der Waals surface area contributed by atoms with Gasteiger partial charge in [0.2, 0.25) is 0 Å². The van der Waals surface area contributed by atoms with Crippen LogP contribution in [0.3, 0.4) is 0 Å². The highest BCUT2D eigenvalue weighted by Gasteiger charge is 2.42. The number of nitrogens with zero attached hydrogens (tertiary/aromatic N) is 2. The molecule has 2 heterocycles. The zero-order chi connectivity index (χ0) is 19.8. The number of benzene rings is 2. The highest BCUT2D eigenvalue weighted by atomic mass is 19.1. The zero-order valence-electron chi connectivity index (χ0n) is 15.3. The predicted octanol–water partition coefficient (Wildman–Crippen LogP) is 3.16. The Bertz CT molecular complexity index is 1030. The summed E-state index contributed by atoms with van der Waals surface area (Å²) >= 11 is 0. The standard InChI is InChI=1S/C21H20FN3O3/c1-12-3-8-16(27)15(11-12)18-17-19(24-23-18)21(28)25(9-2-10-26)20(17)13-4-6-14(22)7-5-13/h3-8,11,20,26-27H,2,9-10H2,1H3,(H,23,24). The monoisotopic (exact) mass is 381 g/mol. The highest BCUT2D eigenvalue weighted by Crippen LogP contribution is 2.44. The van der Waals surface area contributed by atoms with Crippen molar-refractivity contribution < 1.29 is 19.4 Å². The van der Waals surface area contributed by atoms with Crippen LogP contribution in [0.1, 0.15) is 39.6 Å². The molecule has 0 saturated carbocycles. The molecule has 6 nitrogen and oxygen atoms in total. The van der Waals surface area contributed by atoms with Crippen LogP contribution in [-0.2, 0) is 0 Å². The number of phenols is 1. The largest absolute Gasteiger partial charge is 0.507 e. The third kappa shape index (κ3) is 2.93. The first-order valence-corrected chi connectivity index (χ1v) is 9.06. The van der Waals surface area contributed by atoms with Gasteiger partial charge in [-0.05, 0) is 43.2 Å². The number of hydrogen-bond acceptors (Lipinski definition) is 4. The third-order valence-electron chi connectivity index (χ3n) is 5.01. The number of aliphatic hydroxyl groups is 1. The van der Waals surface area contributed by atoms with Crippen molar-refractivity contribution in [3.63, 3.8) is 0 Å². The predicted molar refractivity (Wildman–Crippen MR) is 101 cm³/mol. The molecule has 28 heavy (non-hydrogen) atoms. The molecule has 1 amide bonds. The maximum Gasteiger partial charge on any atom is 0.273 e. The van der Waals surface area contributed by atoms with Crippen molar-refractivity contribution in [1.82, 2.24) is 15.1 Å². The lowest BCUT2D eigenvalue weighted by molar-refractivity contribution is 0.0732. The summed E-state index contributed by atoms with van der Waals surface area (Å²) in [4.78, 5) is 14.6. The fourth-order valence-electron chi connectivity index (χ4n) is 3.70. The molecule has 0 bridgehead atoms. The lowest BCUT2D eigenvalue weighted by Crippen LogP contribution is -2.31. The molecule has 144 valence electrons. The van der Waals surface area contributed by atoms with Crippen LogP contribution in [0.15, 0.2) is 42.5 Å². The molecule has 2 aromatic carbocycles. The van der Waals surface area contributed by atoms with Crippen molar-refractivity contribution in [2.45, 2.75) is 19.4 Å². The van der Waals surface area contributed by atoms with Gasteiger partial charge < -0.3 is 15.1 Å². The van der Waals surface area contributed by atoms with E-state index in [1.54, 1.807) is 29.2 Å². The average Bonchev–Trinajstić information content (AvgIpc) is 3.22. The van der Waals surface area contributed by atoms with E-state index in [1.165, 1.54) is 12.1 Å². The van der Waals surface area contributed by atoms with Gasteiger partial charge in [0, 0.05) is 24.3 Å². The Balaban J connectivity index is 1.89. The first-order chi connectivity index (χ1) is 13.5. The summed E-state index contributed by atoms with van der Waals surface area (Å²) in [5, 5.41) is 26.7. The number of phenolic OH excluding ortho intramolecular Hbond substituents is 1. The molecular formula is C21H20FN3O3. The minimum atomic E-state index is -0.483. The van der Waals surface area contributed by atoms with Gasteiger partial charge >= 0.3 is 0 Å². The number of carbonyl (C=O) groups is 1. The molecule has 7 heteroatoms. The number of aromatic nitrogens is 2. The summed E-state index contributed by atoms with van der Waals surface area (Å²) < 4.78 is 13.5. The minimum absolute atomic E-state index is 0.0440. The summed E-state index contributed by atoms with van der Waals surface area (Å²) in [6, 6.07) is 10.7. The molecule has 4 rings (SSSR count). The molecule has 1 atom stereocenters. The number of aromatic hydroxyl groups is 1. The Morgan fingerprint density at radius 3 is 2.68 bits per heavy atom. The number of hydrogen-bond donors (Lipinski definition) is 3. The van der Waals surface area contributed by atoms with E-state index in [0.717, 1.165) is 11.1 Å². The van der Waals surface area contributed by atoms with Crippen LogP contribution >= 0.6 is 0 Å². The van der Waals surface area contributed by atoms with Gasteiger partial charge in [-0.15, -0.1) is 0 Å². The Morgan fingerprint density at radius 1 is 1.21 bits per heavy atom. The van der Waals surface area contributed by atoms with E-state index in [-0.39, 0.29) is 24.1 Å². The lowest BCUT2D eigenvalue weighted by atomic mass is 9.95. The lowest BCUT2D eigenvalue weighted by Gasteiger charge is -2.26. The molecule has 0 radical (unpaired) electrons. The van der Waals surface area contributed by atoms with Crippen LogP contribution in [0, 0.1) is 12.7 Å². The second-order valence-corrected chi connectivity index (χ2v) is 6.91. The molecule has 0 fully saturated rings. The number of fused-ring (bicyclic) bond motifs is 1. The number of aliphatic hydroxyl groups excluding tert-OH is 1. The van der Waals surface area contributed by atoms with Gasteiger partial charge in [-0.2, -0.15) is 5.10 Å². The third-order valence-corrected chi connectivity index (χ3v) is 5.01. The smallest absolute Gasteiger partial charge is 0.273 e. The van der Waals surface area contributed by atoms with E-state index in [4.69, 9.17) is 0 Å². The van der Waals surface area contributed by atoms with Crippen molar-refractivity contribution in [3.8, 4) is 17.0 Å². The number of H-pyrrole nitrogens is 1. The Kier molecular flexibility index (Phi) is 4.60. The summed E-state index contributed by atoms with van der Waals surface area (Å²) in [7, 11) is 0. The molecule has 3 N–H and O–H groups in total. The minimum Gasteiger partial charge on any atom is -0.507 e.